The topological polar surface area (TPSA) is 101 Å². The highest BCUT2D eigenvalue weighted by Gasteiger charge is 2.51. The van der Waals surface area contributed by atoms with Crippen LogP contribution in [0.2, 0.25) is 0 Å². The summed E-state index contributed by atoms with van der Waals surface area (Å²) in [5.41, 5.74) is 0.794. The Morgan fingerprint density at radius 3 is 2.23 bits per heavy atom. The van der Waals surface area contributed by atoms with Gasteiger partial charge in [-0.3, -0.25) is 9.52 Å². The van der Waals surface area contributed by atoms with Crippen molar-refractivity contribution in [2.45, 2.75) is 56.8 Å². The molecular formula is C22H27N3O4S. The first kappa shape index (κ1) is 19.6. The van der Waals surface area contributed by atoms with E-state index in [1.165, 1.54) is 56.7 Å². The van der Waals surface area contributed by atoms with E-state index in [1.807, 2.05) is 0 Å². The van der Waals surface area contributed by atoms with E-state index in [4.69, 9.17) is 4.52 Å². The van der Waals surface area contributed by atoms with Crippen LogP contribution in [-0.4, -0.2) is 19.5 Å². The predicted molar refractivity (Wildman–Crippen MR) is 112 cm³/mol. The Bertz CT molecular complexity index is 1020. The van der Waals surface area contributed by atoms with E-state index in [-0.39, 0.29) is 22.0 Å². The van der Waals surface area contributed by atoms with Crippen LogP contribution >= 0.6 is 0 Å². The van der Waals surface area contributed by atoms with Crippen LogP contribution in [0.4, 0.5) is 11.5 Å². The van der Waals surface area contributed by atoms with E-state index < -0.39 is 10.0 Å². The minimum absolute atomic E-state index is 0.0313. The van der Waals surface area contributed by atoms with Crippen LogP contribution in [0.5, 0.6) is 0 Å². The largest absolute Gasteiger partial charge is 0.360 e. The molecular weight excluding hydrogens is 402 g/mol. The van der Waals surface area contributed by atoms with Gasteiger partial charge in [0.25, 0.3) is 10.0 Å². The molecule has 1 heterocycles. The lowest BCUT2D eigenvalue weighted by Gasteiger charge is -2.56. The number of amides is 1. The van der Waals surface area contributed by atoms with Crippen molar-refractivity contribution in [3.8, 4) is 0 Å². The molecule has 2 aromatic rings. The van der Waals surface area contributed by atoms with Gasteiger partial charge in [-0.1, -0.05) is 5.16 Å². The highest BCUT2D eigenvalue weighted by atomic mass is 32.2. The molecule has 2 N–H and O–H groups in total. The lowest BCUT2D eigenvalue weighted by Crippen LogP contribution is -2.47. The Labute approximate surface area is 176 Å². The third-order valence-electron chi connectivity index (χ3n) is 7.02. The maximum atomic E-state index is 12.8. The van der Waals surface area contributed by atoms with Gasteiger partial charge in [0.05, 0.1) is 4.90 Å². The summed E-state index contributed by atoms with van der Waals surface area (Å²) in [4.78, 5) is 12.9. The van der Waals surface area contributed by atoms with Gasteiger partial charge >= 0.3 is 0 Å². The molecule has 7 nitrogen and oxygen atoms in total. The fourth-order valence-electron chi connectivity index (χ4n) is 6.38. The number of anilines is 2. The van der Waals surface area contributed by atoms with Gasteiger partial charge in [0, 0.05) is 18.2 Å². The minimum Gasteiger partial charge on any atom is -0.360 e. The Kier molecular flexibility index (Phi) is 4.65. The van der Waals surface area contributed by atoms with Gasteiger partial charge in [0.1, 0.15) is 5.76 Å². The van der Waals surface area contributed by atoms with Crippen molar-refractivity contribution in [3.05, 3.63) is 36.1 Å². The summed E-state index contributed by atoms with van der Waals surface area (Å²) < 4.78 is 32.2. The molecule has 160 valence electrons. The minimum atomic E-state index is -3.77. The van der Waals surface area contributed by atoms with E-state index in [1.54, 1.807) is 19.1 Å². The quantitative estimate of drug-likeness (QED) is 0.712. The van der Waals surface area contributed by atoms with Gasteiger partial charge in [-0.25, -0.2) is 8.42 Å². The smallest absolute Gasteiger partial charge is 0.263 e. The van der Waals surface area contributed by atoms with Gasteiger partial charge in [-0.05, 0) is 92.9 Å². The summed E-state index contributed by atoms with van der Waals surface area (Å²) in [5, 5.41) is 6.62. The fourth-order valence-corrected chi connectivity index (χ4v) is 7.36. The second kappa shape index (κ2) is 7.11. The van der Waals surface area contributed by atoms with Gasteiger partial charge in [0.15, 0.2) is 5.82 Å². The van der Waals surface area contributed by atoms with Gasteiger partial charge < -0.3 is 9.84 Å². The average Bonchev–Trinajstić information content (AvgIpc) is 3.04. The first-order valence-corrected chi connectivity index (χ1v) is 12.1. The molecule has 0 atom stereocenters. The lowest BCUT2D eigenvalue weighted by molar-refractivity contribution is -0.124. The number of sulfonamides is 1. The van der Waals surface area contributed by atoms with Crippen LogP contribution in [0.1, 0.15) is 50.7 Å². The molecule has 1 aromatic carbocycles. The van der Waals surface area contributed by atoms with Crippen LogP contribution in [0.15, 0.2) is 39.8 Å². The second-order valence-corrected chi connectivity index (χ2v) is 11.3. The predicted octanol–water partition coefficient (Wildman–Crippen LogP) is 4.33. The van der Waals surface area contributed by atoms with E-state index >= 15 is 0 Å². The molecule has 4 bridgehead atoms. The number of rotatable bonds is 6. The third kappa shape index (κ3) is 3.85. The lowest BCUT2D eigenvalue weighted by atomic mass is 9.49. The summed E-state index contributed by atoms with van der Waals surface area (Å²) in [6.07, 6.45) is 8.23. The molecule has 0 unspecified atom stereocenters. The van der Waals surface area contributed by atoms with Crippen LogP contribution < -0.4 is 10.0 Å². The zero-order chi connectivity index (χ0) is 20.9. The maximum absolute atomic E-state index is 12.8. The van der Waals surface area contributed by atoms with Crippen LogP contribution in [-0.2, 0) is 14.8 Å². The molecule has 0 spiro atoms. The van der Waals surface area contributed by atoms with Crippen molar-refractivity contribution in [2.75, 3.05) is 10.0 Å². The molecule has 4 aliphatic carbocycles. The first-order valence-electron chi connectivity index (χ1n) is 10.6. The number of hydrogen-bond acceptors (Lipinski definition) is 5. The maximum Gasteiger partial charge on any atom is 0.263 e. The summed E-state index contributed by atoms with van der Waals surface area (Å²) in [5.74, 6) is 3.13. The molecule has 0 aliphatic heterocycles. The zero-order valence-corrected chi connectivity index (χ0v) is 17.9. The zero-order valence-electron chi connectivity index (χ0n) is 17.1. The van der Waals surface area contributed by atoms with Crippen LogP contribution in [0.25, 0.3) is 0 Å². The number of aromatic nitrogens is 1. The van der Waals surface area contributed by atoms with Crippen molar-refractivity contribution in [2.24, 2.45) is 23.2 Å². The van der Waals surface area contributed by atoms with E-state index in [9.17, 15) is 13.2 Å². The number of nitrogens with one attached hydrogen (secondary N) is 2. The number of benzene rings is 1. The second-order valence-electron chi connectivity index (χ2n) is 9.60. The molecule has 1 amide bonds. The summed E-state index contributed by atoms with van der Waals surface area (Å²) in [6, 6.07) is 7.72. The Morgan fingerprint density at radius 2 is 1.70 bits per heavy atom. The molecule has 8 heteroatoms. The third-order valence-corrected chi connectivity index (χ3v) is 8.39. The Hall–Kier alpha value is -2.35. The van der Waals surface area contributed by atoms with Crippen molar-refractivity contribution in [1.82, 2.24) is 5.16 Å². The number of carbonyl (C=O) groups excluding carboxylic acids is 1. The molecule has 0 saturated heterocycles. The van der Waals surface area contributed by atoms with Gasteiger partial charge in [0.2, 0.25) is 5.91 Å². The molecule has 4 saturated carbocycles. The van der Waals surface area contributed by atoms with Crippen molar-refractivity contribution in [1.29, 1.82) is 0 Å². The normalized spacial score (nSPS) is 29.7. The summed E-state index contributed by atoms with van der Waals surface area (Å²) in [7, 11) is -3.77. The Morgan fingerprint density at radius 1 is 1.10 bits per heavy atom. The van der Waals surface area contributed by atoms with E-state index in [0.717, 1.165) is 17.8 Å². The van der Waals surface area contributed by atoms with Crippen molar-refractivity contribution >= 4 is 27.4 Å². The first-order chi connectivity index (χ1) is 14.3. The highest BCUT2D eigenvalue weighted by Crippen LogP contribution is 2.61. The molecule has 30 heavy (non-hydrogen) atoms. The van der Waals surface area contributed by atoms with Crippen LogP contribution in [0.3, 0.4) is 0 Å². The molecule has 0 radical (unpaired) electrons. The SMILES string of the molecule is Cc1cc(NS(=O)(=O)c2ccc(NC(=O)CC34CC5CC(CC(C5)C3)C4)cc2)no1. The number of aryl methyl sites for hydroxylation is 1. The summed E-state index contributed by atoms with van der Waals surface area (Å²) >= 11 is 0. The van der Waals surface area contributed by atoms with Crippen molar-refractivity contribution in [3.63, 3.8) is 0 Å². The fraction of sp³-hybridized carbons (Fsp3) is 0.545. The number of carbonyl (C=O) groups is 1. The van der Waals surface area contributed by atoms with E-state index in [2.05, 4.69) is 15.2 Å². The monoisotopic (exact) mass is 429 g/mol. The number of hydrogen-bond donors (Lipinski definition) is 2. The molecule has 4 fully saturated rings. The van der Waals surface area contributed by atoms with Gasteiger partial charge in [-0.15, -0.1) is 0 Å². The van der Waals surface area contributed by atoms with Gasteiger partial charge in [-0.2, -0.15) is 0 Å². The molecule has 4 aliphatic rings. The van der Waals surface area contributed by atoms with Crippen molar-refractivity contribution < 1.29 is 17.7 Å². The summed E-state index contributed by atoms with van der Waals surface area (Å²) in [6.45, 7) is 1.69. The average molecular weight is 430 g/mol. The highest BCUT2D eigenvalue weighted by molar-refractivity contribution is 7.92. The molecule has 6 rings (SSSR count). The Balaban J connectivity index is 1.22. The van der Waals surface area contributed by atoms with E-state index in [0.29, 0.717) is 17.9 Å². The van der Waals surface area contributed by atoms with Crippen LogP contribution in [0, 0.1) is 30.1 Å². The number of nitrogens with zero attached hydrogens (tertiary/aromatic N) is 1. The molecule has 1 aromatic heterocycles. The standard InChI is InChI=1S/C22H27N3O4S/c1-14-6-20(24-29-14)25-30(27,28)19-4-2-18(3-5-19)23-21(26)13-22-10-15-7-16(11-22)9-17(8-15)12-22/h2-6,15-17H,7-13H2,1H3,(H,23,26)(H,24,25).